The van der Waals surface area contributed by atoms with Gasteiger partial charge in [0.2, 0.25) is 6.41 Å². The van der Waals surface area contributed by atoms with E-state index in [1.54, 1.807) is 7.05 Å². The Morgan fingerprint density at radius 2 is 1.48 bits per heavy atom. The van der Waals surface area contributed by atoms with Crippen LogP contribution < -0.4 is 5.32 Å². The van der Waals surface area contributed by atoms with E-state index in [-0.39, 0.29) is 0 Å². The third kappa shape index (κ3) is 7.79. The molecule has 5 nitrogen and oxygen atoms in total. The molecule has 0 atom stereocenters. The summed E-state index contributed by atoms with van der Waals surface area (Å²) in [4.78, 5) is 16.8. The van der Waals surface area contributed by atoms with Crippen LogP contribution in [0, 0.1) is 5.92 Å². The van der Waals surface area contributed by atoms with E-state index in [9.17, 15) is 0 Å². The fourth-order valence-electron chi connectivity index (χ4n) is 2.97. The van der Waals surface area contributed by atoms with E-state index in [1.165, 1.54) is 71.6 Å². The fraction of sp³-hybridized carbons (Fsp3) is 0.938. The lowest BCUT2D eigenvalue weighted by Gasteiger charge is -2.36. The van der Waals surface area contributed by atoms with E-state index in [0.717, 1.165) is 5.92 Å². The van der Waals surface area contributed by atoms with Gasteiger partial charge in [-0.05, 0) is 38.9 Å². The molecule has 2 aliphatic heterocycles. The lowest BCUT2D eigenvalue weighted by molar-refractivity contribution is -0.109. The van der Waals surface area contributed by atoms with Gasteiger partial charge in [0.25, 0.3) is 0 Å². The number of nitrogens with zero attached hydrogens (tertiary/aromatic N) is 3. The second-order valence-electron chi connectivity index (χ2n) is 6.24. The van der Waals surface area contributed by atoms with Crippen LogP contribution in [0.2, 0.25) is 0 Å². The van der Waals surface area contributed by atoms with Crippen LogP contribution in [0.15, 0.2) is 0 Å². The largest absolute Gasteiger partial charge is 0.362 e. The molecule has 2 fully saturated rings. The maximum atomic E-state index is 9.06. The number of carbonyl (C=O) groups excluding carboxylic acids is 1. The number of carbonyl (C=O) groups is 1. The summed E-state index contributed by atoms with van der Waals surface area (Å²) in [6, 6.07) is 0. The molecule has 2 heterocycles. The van der Waals surface area contributed by atoms with Crippen molar-refractivity contribution in [2.45, 2.75) is 26.2 Å². The number of piperidine rings is 1. The van der Waals surface area contributed by atoms with Crippen LogP contribution in [0.1, 0.15) is 26.2 Å². The monoisotopic (exact) mass is 298 g/mol. The normalized spacial score (nSPS) is 22.4. The van der Waals surface area contributed by atoms with Crippen LogP contribution in [-0.2, 0) is 4.79 Å². The van der Waals surface area contributed by atoms with Crippen molar-refractivity contribution in [3.63, 3.8) is 0 Å². The summed E-state index contributed by atoms with van der Waals surface area (Å²) < 4.78 is 0. The van der Waals surface area contributed by atoms with Gasteiger partial charge >= 0.3 is 0 Å². The number of amides is 1. The number of likely N-dealkylation sites (N-methyl/N-ethyl adjacent to an activating group) is 1. The molecule has 0 radical (unpaired) electrons. The first kappa shape index (κ1) is 18.4. The Morgan fingerprint density at radius 3 is 1.90 bits per heavy atom. The summed E-state index contributed by atoms with van der Waals surface area (Å²) in [6.45, 7) is 12.6. The number of nitrogens with one attached hydrogen (secondary N) is 1. The Kier molecular flexibility index (Phi) is 9.63. The lowest BCUT2D eigenvalue weighted by Crippen LogP contribution is -2.47. The first-order valence-corrected chi connectivity index (χ1v) is 8.43. The SMILES string of the molecule is CCC1CCN(CCN2CCN(C)CC2)CC1.CNC=O. The van der Waals surface area contributed by atoms with Gasteiger partial charge in [-0.3, -0.25) is 9.69 Å². The Labute approximate surface area is 130 Å². The minimum Gasteiger partial charge on any atom is -0.362 e. The molecular formula is C16H34N4O. The highest BCUT2D eigenvalue weighted by Crippen LogP contribution is 2.19. The maximum Gasteiger partial charge on any atom is 0.206 e. The zero-order valence-corrected chi connectivity index (χ0v) is 14.2. The zero-order valence-electron chi connectivity index (χ0n) is 14.2. The molecule has 0 aromatic heterocycles. The molecule has 124 valence electrons. The van der Waals surface area contributed by atoms with Crippen molar-refractivity contribution >= 4 is 6.41 Å². The van der Waals surface area contributed by atoms with E-state index < -0.39 is 0 Å². The number of rotatable bonds is 5. The molecular weight excluding hydrogens is 264 g/mol. The summed E-state index contributed by atoms with van der Waals surface area (Å²) in [5.74, 6) is 1.01. The van der Waals surface area contributed by atoms with Crippen LogP contribution in [0.3, 0.4) is 0 Å². The van der Waals surface area contributed by atoms with Gasteiger partial charge in [-0.1, -0.05) is 13.3 Å². The minimum absolute atomic E-state index is 0.625. The molecule has 0 bridgehead atoms. The molecule has 2 saturated heterocycles. The van der Waals surface area contributed by atoms with E-state index in [4.69, 9.17) is 4.79 Å². The van der Waals surface area contributed by atoms with Gasteiger partial charge in [0.05, 0.1) is 0 Å². The lowest BCUT2D eigenvalue weighted by atomic mass is 9.94. The van der Waals surface area contributed by atoms with Crippen LogP contribution in [0.25, 0.3) is 0 Å². The topological polar surface area (TPSA) is 38.8 Å². The fourth-order valence-corrected chi connectivity index (χ4v) is 2.97. The standard InChI is InChI=1S/C14H29N3.C2H5NO/c1-3-14-4-6-16(7-5-14)12-13-17-10-8-15(2)9-11-17;1-3-2-4/h14H,3-13H2,1-2H3;2H,1H3,(H,3,4). The van der Waals surface area contributed by atoms with Gasteiger partial charge in [0.1, 0.15) is 0 Å². The van der Waals surface area contributed by atoms with E-state index >= 15 is 0 Å². The van der Waals surface area contributed by atoms with Crippen molar-refractivity contribution < 1.29 is 4.79 Å². The summed E-state index contributed by atoms with van der Waals surface area (Å²) >= 11 is 0. The molecule has 0 aromatic rings. The van der Waals surface area contributed by atoms with Crippen molar-refractivity contribution in [1.82, 2.24) is 20.0 Å². The Balaban J connectivity index is 0.000000491. The van der Waals surface area contributed by atoms with E-state index in [2.05, 4.69) is 34.0 Å². The minimum atomic E-state index is 0.625. The number of piperazine rings is 1. The molecule has 0 saturated carbocycles. The molecule has 2 aliphatic rings. The first-order valence-electron chi connectivity index (χ1n) is 8.43. The first-order chi connectivity index (χ1) is 10.2. The summed E-state index contributed by atoms with van der Waals surface area (Å²) in [5.41, 5.74) is 0. The highest BCUT2D eigenvalue weighted by atomic mass is 16.1. The van der Waals surface area contributed by atoms with E-state index in [1.807, 2.05) is 0 Å². The number of likely N-dealkylation sites (tertiary alicyclic amines) is 1. The summed E-state index contributed by atoms with van der Waals surface area (Å²) in [5, 5.41) is 2.25. The third-order valence-corrected chi connectivity index (χ3v) is 4.73. The summed E-state index contributed by atoms with van der Waals surface area (Å²) in [7, 11) is 3.79. The average Bonchev–Trinajstić information content (AvgIpc) is 2.55. The average molecular weight is 298 g/mol. The highest BCUT2D eigenvalue weighted by molar-refractivity contribution is 5.44. The number of hydrogen-bond donors (Lipinski definition) is 1. The molecule has 0 unspecified atom stereocenters. The molecule has 21 heavy (non-hydrogen) atoms. The molecule has 5 heteroatoms. The number of hydrogen-bond acceptors (Lipinski definition) is 4. The van der Waals surface area contributed by atoms with Crippen LogP contribution in [0.4, 0.5) is 0 Å². The van der Waals surface area contributed by atoms with Gasteiger partial charge in [-0.25, -0.2) is 0 Å². The van der Waals surface area contributed by atoms with Crippen molar-refractivity contribution in [2.75, 3.05) is 66.5 Å². The summed E-state index contributed by atoms with van der Waals surface area (Å²) in [6.07, 6.45) is 4.87. The highest BCUT2D eigenvalue weighted by Gasteiger charge is 2.19. The Bertz CT molecular complexity index is 259. The van der Waals surface area contributed by atoms with Crippen molar-refractivity contribution in [1.29, 1.82) is 0 Å². The smallest absolute Gasteiger partial charge is 0.206 e. The molecule has 0 aromatic carbocycles. The second kappa shape index (κ2) is 11.0. The quantitative estimate of drug-likeness (QED) is 0.759. The van der Waals surface area contributed by atoms with Gasteiger partial charge < -0.3 is 15.1 Å². The molecule has 0 aliphatic carbocycles. The third-order valence-electron chi connectivity index (χ3n) is 4.73. The maximum absolute atomic E-state index is 9.06. The second-order valence-corrected chi connectivity index (χ2v) is 6.24. The van der Waals surface area contributed by atoms with Gasteiger partial charge in [0.15, 0.2) is 0 Å². The van der Waals surface area contributed by atoms with Crippen LogP contribution in [-0.4, -0.2) is 87.6 Å². The van der Waals surface area contributed by atoms with Crippen molar-refractivity contribution in [3.8, 4) is 0 Å². The van der Waals surface area contributed by atoms with Crippen LogP contribution >= 0.6 is 0 Å². The predicted octanol–water partition coefficient (Wildman–Crippen LogP) is 0.718. The Morgan fingerprint density at radius 1 is 1.00 bits per heavy atom. The van der Waals surface area contributed by atoms with Gasteiger partial charge in [-0.2, -0.15) is 0 Å². The van der Waals surface area contributed by atoms with Gasteiger partial charge in [0, 0.05) is 46.3 Å². The zero-order chi connectivity index (χ0) is 15.5. The Hall–Kier alpha value is -0.650. The molecule has 2 rings (SSSR count). The van der Waals surface area contributed by atoms with E-state index in [0.29, 0.717) is 6.41 Å². The molecule has 0 spiro atoms. The molecule has 1 amide bonds. The molecule has 1 N–H and O–H groups in total. The van der Waals surface area contributed by atoms with Gasteiger partial charge in [-0.15, -0.1) is 0 Å². The van der Waals surface area contributed by atoms with Crippen LogP contribution in [0.5, 0.6) is 0 Å². The van der Waals surface area contributed by atoms with Crippen molar-refractivity contribution in [3.05, 3.63) is 0 Å². The predicted molar refractivity (Wildman–Crippen MR) is 88.5 cm³/mol. The van der Waals surface area contributed by atoms with Crippen molar-refractivity contribution in [2.24, 2.45) is 5.92 Å².